The summed E-state index contributed by atoms with van der Waals surface area (Å²) in [5, 5.41) is 2.13. The second kappa shape index (κ2) is 7.74. The zero-order valence-corrected chi connectivity index (χ0v) is 12.4. The Hall–Kier alpha value is -3.15. The Morgan fingerprint density at radius 3 is 2.52 bits per heavy atom. The minimum Gasteiger partial charge on any atom is -0.462 e. The first-order chi connectivity index (χ1) is 11.0. The highest BCUT2D eigenvalue weighted by Crippen LogP contribution is 2.07. The van der Waals surface area contributed by atoms with E-state index in [-0.39, 0.29) is 0 Å². The average molecular weight is 313 g/mol. The van der Waals surface area contributed by atoms with Crippen LogP contribution in [0.3, 0.4) is 0 Å². The molecule has 1 heterocycles. The number of amides is 2. The lowest BCUT2D eigenvalue weighted by atomic mass is 10.2. The molecule has 6 nitrogen and oxygen atoms in total. The summed E-state index contributed by atoms with van der Waals surface area (Å²) in [6.07, 6.45) is 2.58. The van der Waals surface area contributed by atoms with Gasteiger partial charge in [-0.1, -0.05) is 18.2 Å². The second-order valence-corrected chi connectivity index (χ2v) is 4.63. The summed E-state index contributed by atoms with van der Waals surface area (Å²) >= 11 is 0. The molecule has 0 fully saturated rings. The Labute approximate surface area is 132 Å². The topological polar surface area (TPSA) is 85.6 Å². The molecule has 0 bridgehead atoms. The summed E-state index contributed by atoms with van der Waals surface area (Å²) in [4.78, 5) is 34.7. The molecule has 0 radical (unpaired) electrons. The zero-order valence-electron chi connectivity index (χ0n) is 12.4. The van der Waals surface area contributed by atoms with E-state index in [0.717, 1.165) is 11.8 Å². The van der Waals surface area contributed by atoms with Crippen molar-refractivity contribution in [1.82, 2.24) is 5.32 Å². The number of carbonyl (C=O) groups is 3. The number of esters is 1. The van der Waals surface area contributed by atoms with Crippen LogP contribution in [0.2, 0.25) is 0 Å². The van der Waals surface area contributed by atoms with Gasteiger partial charge in [0.25, 0.3) is 11.8 Å². The summed E-state index contributed by atoms with van der Waals surface area (Å²) in [6.45, 7) is 1.24. The molecule has 0 aliphatic heterocycles. The molecule has 0 saturated carbocycles. The average Bonchev–Trinajstić information content (AvgIpc) is 2.97. The van der Waals surface area contributed by atoms with Gasteiger partial charge in [-0.25, -0.2) is 4.79 Å². The Kier molecular flexibility index (Phi) is 5.46. The first kappa shape index (κ1) is 16.2. The molecular weight excluding hydrogens is 298 g/mol. The number of nitrogens with one attached hydrogen (secondary N) is 1. The maximum absolute atomic E-state index is 11.7. The van der Waals surface area contributed by atoms with E-state index in [1.54, 1.807) is 49.4 Å². The minimum absolute atomic E-state index is 0.347. The molecule has 23 heavy (non-hydrogen) atoms. The van der Waals surface area contributed by atoms with Gasteiger partial charge in [0.15, 0.2) is 6.61 Å². The number of rotatable bonds is 5. The van der Waals surface area contributed by atoms with Crippen molar-refractivity contribution < 1.29 is 23.5 Å². The molecule has 6 heteroatoms. The van der Waals surface area contributed by atoms with Crippen molar-refractivity contribution in [3.8, 4) is 0 Å². The standard InChI is InChI=1S/C17H15NO5/c1-12-7-8-14(23-12)9-10-16(20)22-11-15(19)18-17(21)13-5-3-2-4-6-13/h2-10H,11H2,1H3,(H,18,19,21). The number of carbonyl (C=O) groups excluding carboxylic acids is 3. The zero-order chi connectivity index (χ0) is 16.7. The molecule has 0 atom stereocenters. The van der Waals surface area contributed by atoms with Gasteiger partial charge in [0.2, 0.25) is 0 Å². The van der Waals surface area contributed by atoms with E-state index in [2.05, 4.69) is 5.32 Å². The van der Waals surface area contributed by atoms with Gasteiger partial charge in [-0.15, -0.1) is 0 Å². The van der Waals surface area contributed by atoms with Crippen molar-refractivity contribution in [2.24, 2.45) is 0 Å². The molecule has 0 saturated heterocycles. The first-order valence-corrected chi connectivity index (χ1v) is 6.85. The number of ether oxygens (including phenoxy) is 1. The van der Waals surface area contributed by atoms with Crippen LogP contribution in [0, 0.1) is 6.92 Å². The van der Waals surface area contributed by atoms with Crippen LogP contribution in [-0.2, 0) is 14.3 Å². The predicted molar refractivity (Wildman–Crippen MR) is 82.4 cm³/mol. The molecule has 2 rings (SSSR count). The summed E-state index contributed by atoms with van der Waals surface area (Å²) in [7, 11) is 0. The van der Waals surface area contributed by atoms with E-state index in [0.29, 0.717) is 11.3 Å². The lowest BCUT2D eigenvalue weighted by molar-refractivity contribution is -0.143. The van der Waals surface area contributed by atoms with Gasteiger partial charge in [0, 0.05) is 11.6 Å². The van der Waals surface area contributed by atoms with Crippen molar-refractivity contribution in [1.29, 1.82) is 0 Å². The summed E-state index contributed by atoms with van der Waals surface area (Å²) < 4.78 is 9.98. The highest BCUT2D eigenvalue weighted by Gasteiger charge is 2.11. The summed E-state index contributed by atoms with van der Waals surface area (Å²) in [6, 6.07) is 11.7. The van der Waals surface area contributed by atoms with Crippen LogP contribution in [0.5, 0.6) is 0 Å². The van der Waals surface area contributed by atoms with Crippen molar-refractivity contribution in [2.45, 2.75) is 6.92 Å². The molecule has 1 N–H and O–H groups in total. The van der Waals surface area contributed by atoms with Gasteiger partial charge >= 0.3 is 5.97 Å². The Morgan fingerprint density at radius 2 is 1.87 bits per heavy atom. The van der Waals surface area contributed by atoms with Crippen LogP contribution in [0.4, 0.5) is 0 Å². The van der Waals surface area contributed by atoms with E-state index < -0.39 is 24.4 Å². The molecule has 1 aromatic carbocycles. The Balaban J connectivity index is 1.76. The molecule has 2 aromatic rings. The van der Waals surface area contributed by atoms with Gasteiger partial charge < -0.3 is 9.15 Å². The number of imide groups is 1. The molecule has 2 amide bonds. The summed E-state index contributed by atoms with van der Waals surface area (Å²) in [5.41, 5.74) is 0.347. The number of benzene rings is 1. The number of aryl methyl sites for hydroxylation is 1. The largest absolute Gasteiger partial charge is 0.462 e. The van der Waals surface area contributed by atoms with Gasteiger partial charge in [-0.05, 0) is 37.3 Å². The van der Waals surface area contributed by atoms with E-state index in [4.69, 9.17) is 9.15 Å². The van der Waals surface area contributed by atoms with Crippen LogP contribution in [0.1, 0.15) is 21.9 Å². The van der Waals surface area contributed by atoms with Gasteiger partial charge in [-0.3, -0.25) is 14.9 Å². The third-order valence-corrected chi connectivity index (χ3v) is 2.78. The van der Waals surface area contributed by atoms with E-state index >= 15 is 0 Å². The fraction of sp³-hybridized carbons (Fsp3) is 0.118. The van der Waals surface area contributed by atoms with Crippen molar-refractivity contribution >= 4 is 23.9 Å². The van der Waals surface area contributed by atoms with Crippen molar-refractivity contribution in [3.05, 3.63) is 65.6 Å². The fourth-order valence-electron chi connectivity index (χ4n) is 1.70. The molecule has 0 aliphatic rings. The molecular formula is C17H15NO5. The Bertz CT molecular complexity index is 730. The monoisotopic (exact) mass is 313 g/mol. The minimum atomic E-state index is -0.707. The normalized spacial score (nSPS) is 10.5. The van der Waals surface area contributed by atoms with Crippen molar-refractivity contribution in [2.75, 3.05) is 6.61 Å². The van der Waals surface area contributed by atoms with Crippen LogP contribution >= 0.6 is 0 Å². The highest BCUT2D eigenvalue weighted by atomic mass is 16.5. The van der Waals surface area contributed by atoms with E-state index in [1.807, 2.05) is 0 Å². The number of furan rings is 1. The number of hydrogen-bond acceptors (Lipinski definition) is 5. The lowest BCUT2D eigenvalue weighted by Gasteiger charge is -2.04. The maximum atomic E-state index is 11.7. The summed E-state index contributed by atoms with van der Waals surface area (Å²) in [5.74, 6) is -0.732. The van der Waals surface area contributed by atoms with Gasteiger partial charge in [0.1, 0.15) is 11.5 Å². The molecule has 0 unspecified atom stereocenters. The van der Waals surface area contributed by atoms with Crippen LogP contribution in [0.15, 0.2) is 53.0 Å². The lowest BCUT2D eigenvalue weighted by Crippen LogP contribution is -2.33. The van der Waals surface area contributed by atoms with Gasteiger partial charge in [-0.2, -0.15) is 0 Å². The van der Waals surface area contributed by atoms with E-state index in [1.165, 1.54) is 6.08 Å². The SMILES string of the molecule is Cc1ccc(C=CC(=O)OCC(=O)NC(=O)c2ccccc2)o1. The first-order valence-electron chi connectivity index (χ1n) is 6.85. The Morgan fingerprint density at radius 1 is 1.13 bits per heavy atom. The molecule has 1 aromatic heterocycles. The number of hydrogen-bond donors (Lipinski definition) is 1. The van der Waals surface area contributed by atoms with Crippen LogP contribution in [0.25, 0.3) is 6.08 Å². The second-order valence-electron chi connectivity index (χ2n) is 4.63. The van der Waals surface area contributed by atoms with Gasteiger partial charge in [0.05, 0.1) is 0 Å². The molecule has 0 aliphatic carbocycles. The molecule has 0 spiro atoms. The fourth-order valence-corrected chi connectivity index (χ4v) is 1.70. The third kappa shape index (κ3) is 5.28. The smallest absolute Gasteiger partial charge is 0.331 e. The highest BCUT2D eigenvalue weighted by molar-refractivity contribution is 6.05. The van der Waals surface area contributed by atoms with Crippen LogP contribution in [-0.4, -0.2) is 24.4 Å². The van der Waals surface area contributed by atoms with Crippen molar-refractivity contribution in [3.63, 3.8) is 0 Å². The quantitative estimate of drug-likeness (QED) is 0.675. The predicted octanol–water partition coefficient (Wildman–Crippen LogP) is 2.10. The third-order valence-electron chi connectivity index (χ3n) is 2.78. The van der Waals surface area contributed by atoms with Crippen LogP contribution < -0.4 is 5.32 Å². The maximum Gasteiger partial charge on any atom is 0.331 e. The van der Waals surface area contributed by atoms with E-state index in [9.17, 15) is 14.4 Å². The molecule has 118 valence electrons.